The summed E-state index contributed by atoms with van der Waals surface area (Å²) in [5.74, 6) is 0.0116. The number of aromatic nitrogens is 1. The third kappa shape index (κ3) is 6.63. The number of hydrogen-bond acceptors (Lipinski definition) is 4. The molecule has 0 aliphatic heterocycles. The van der Waals surface area contributed by atoms with Crippen molar-refractivity contribution in [1.82, 2.24) is 9.88 Å². The van der Waals surface area contributed by atoms with Crippen LogP contribution in [0.2, 0.25) is 0 Å². The van der Waals surface area contributed by atoms with Gasteiger partial charge in [-0.25, -0.2) is 0 Å². The second-order valence-electron chi connectivity index (χ2n) is 5.86. The van der Waals surface area contributed by atoms with Crippen LogP contribution in [0.25, 0.3) is 0 Å². The molecule has 0 bridgehead atoms. The Bertz CT molecular complexity index is 686. The second kappa shape index (κ2) is 9.42. The average molecular weight is 340 g/mol. The molecule has 0 saturated carbocycles. The molecule has 6 nitrogen and oxygen atoms in total. The summed E-state index contributed by atoms with van der Waals surface area (Å²) in [4.78, 5) is 28.9. The van der Waals surface area contributed by atoms with Crippen LogP contribution >= 0.6 is 0 Å². The number of pyridine rings is 1. The minimum absolute atomic E-state index is 0.0962. The number of hydrogen-bond donors (Lipinski definition) is 2. The van der Waals surface area contributed by atoms with Gasteiger partial charge in [-0.1, -0.05) is 0 Å². The van der Waals surface area contributed by atoms with E-state index in [0.717, 1.165) is 17.8 Å². The predicted octanol–water partition coefficient (Wildman–Crippen LogP) is 2.54. The maximum atomic E-state index is 12.2. The van der Waals surface area contributed by atoms with Crippen molar-refractivity contribution in [2.75, 3.05) is 30.8 Å². The van der Waals surface area contributed by atoms with E-state index in [9.17, 15) is 9.59 Å². The topological polar surface area (TPSA) is 74.3 Å². The quantitative estimate of drug-likeness (QED) is 0.774. The molecule has 0 unspecified atom stereocenters. The number of nitrogens with one attached hydrogen (secondary N) is 2. The van der Waals surface area contributed by atoms with Crippen molar-refractivity contribution in [1.29, 1.82) is 0 Å². The van der Waals surface area contributed by atoms with Crippen LogP contribution in [0.15, 0.2) is 48.8 Å². The standard InChI is InChI=1S/C19H24N4O2/c1-15(24)22-18-5-3-17(4-6-18)21-13-9-19(25)23(2)14-10-16-7-11-20-12-8-16/h3-8,11-12,21H,9-10,13-14H2,1-2H3,(H,22,24). The van der Waals surface area contributed by atoms with Crippen molar-refractivity contribution in [2.45, 2.75) is 19.8 Å². The monoisotopic (exact) mass is 340 g/mol. The van der Waals surface area contributed by atoms with Crippen molar-refractivity contribution in [2.24, 2.45) is 0 Å². The molecular weight excluding hydrogens is 316 g/mol. The van der Waals surface area contributed by atoms with Crippen LogP contribution in [-0.2, 0) is 16.0 Å². The van der Waals surface area contributed by atoms with E-state index >= 15 is 0 Å². The van der Waals surface area contributed by atoms with Gasteiger partial charge in [0.2, 0.25) is 11.8 Å². The zero-order valence-corrected chi connectivity index (χ0v) is 14.7. The smallest absolute Gasteiger partial charge is 0.224 e. The molecule has 0 radical (unpaired) electrons. The summed E-state index contributed by atoms with van der Waals surface area (Å²) in [5, 5.41) is 5.93. The van der Waals surface area contributed by atoms with E-state index in [2.05, 4.69) is 15.6 Å². The van der Waals surface area contributed by atoms with Crippen LogP contribution in [0.5, 0.6) is 0 Å². The van der Waals surface area contributed by atoms with Crippen molar-refractivity contribution < 1.29 is 9.59 Å². The first-order valence-corrected chi connectivity index (χ1v) is 8.29. The van der Waals surface area contributed by atoms with Crippen LogP contribution in [0.1, 0.15) is 18.9 Å². The molecule has 0 aliphatic rings. The van der Waals surface area contributed by atoms with Crippen molar-refractivity contribution >= 4 is 23.2 Å². The van der Waals surface area contributed by atoms with Crippen molar-refractivity contribution in [3.63, 3.8) is 0 Å². The third-order valence-corrected chi connectivity index (χ3v) is 3.78. The van der Waals surface area contributed by atoms with E-state index in [-0.39, 0.29) is 11.8 Å². The summed E-state index contributed by atoms with van der Waals surface area (Å²) in [6.07, 6.45) is 4.78. The molecule has 6 heteroatoms. The minimum Gasteiger partial charge on any atom is -0.385 e. The van der Waals surface area contributed by atoms with Crippen molar-refractivity contribution in [3.8, 4) is 0 Å². The van der Waals surface area contributed by atoms with Gasteiger partial charge in [-0.05, 0) is 48.4 Å². The highest BCUT2D eigenvalue weighted by Crippen LogP contribution is 2.13. The number of carbonyl (C=O) groups excluding carboxylic acids is 2. The third-order valence-electron chi connectivity index (χ3n) is 3.78. The summed E-state index contributed by atoms with van der Waals surface area (Å²) in [5.41, 5.74) is 2.85. The van der Waals surface area contributed by atoms with Gasteiger partial charge in [0.15, 0.2) is 0 Å². The van der Waals surface area contributed by atoms with Gasteiger partial charge in [-0.3, -0.25) is 14.6 Å². The van der Waals surface area contributed by atoms with Gasteiger partial charge in [0.25, 0.3) is 0 Å². The minimum atomic E-state index is -0.0962. The number of amides is 2. The highest BCUT2D eigenvalue weighted by atomic mass is 16.2. The van der Waals surface area contributed by atoms with E-state index in [0.29, 0.717) is 19.5 Å². The summed E-state index contributed by atoms with van der Waals surface area (Å²) in [6, 6.07) is 11.3. The van der Waals surface area contributed by atoms with Gasteiger partial charge in [0.1, 0.15) is 0 Å². The first-order valence-electron chi connectivity index (χ1n) is 8.29. The van der Waals surface area contributed by atoms with E-state index in [1.54, 1.807) is 17.3 Å². The lowest BCUT2D eigenvalue weighted by atomic mass is 10.2. The van der Waals surface area contributed by atoms with E-state index in [1.807, 2.05) is 43.4 Å². The van der Waals surface area contributed by atoms with E-state index < -0.39 is 0 Å². The molecule has 2 aromatic rings. The number of carbonyl (C=O) groups is 2. The number of nitrogens with zero attached hydrogens (tertiary/aromatic N) is 2. The van der Waals surface area contributed by atoms with Gasteiger partial charge >= 0.3 is 0 Å². The number of likely N-dealkylation sites (N-methyl/N-ethyl adjacent to an activating group) is 1. The predicted molar refractivity (Wildman–Crippen MR) is 99.4 cm³/mol. The Labute approximate surface area is 148 Å². The highest BCUT2D eigenvalue weighted by Gasteiger charge is 2.08. The Morgan fingerprint density at radius 2 is 1.68 bits per heavy atom. The summed E-state index contributed by atoms with van der Waals surface area (Å²) in [7, 11) is 1.83. The first kappa shape index (κ1) is 18.4. The van der Waals surface area contributed by atoms with E-state index in [1.165, 1.54) is 12.5 Å². The fourth-order valence-electron chi connectivity index (χ4n) is 2.35. The molecule has 0 fully saturated rings. The van der Waals surface area contributed by atoms with Gasteiger partial charge < -0.3 is 15.5 Å². The van der Waals surface area contributed by atoms with Crippen LogP contribution in [-0.4, -0.2) is 41.8 Å². The van der Waals surface area contributed by atoms with Crippen molar-refractivity contribution in [3.05, 3.63) is 54.4 Å². The Morgan fingerprint density at radius 3 is 2.32 bits per heavy atom. The SMILES string of the molecule is CC(=O)Nc1ccc(NCCC(=O)N(C)CCc2ccncc2)cc1. The molecule has 1 aromatic carbocycles. The van der Waals surface area contributed by atoms with Crippen LogP contribution in [0.4, 0.5) is 11.4 Å². The summed E-state index contributed by atoms with van der Waals surface area (Å²) in [6.45, 7) is 2.73. The normalized spacial score (nSPS) is 10.2. The number of rotatable bonds is 8. The molecule has 2 N–H and O–H groups in total. The molecule has 0 atom stereocenters. The summed E-state index contributed by atoms with van der Waals surface area (Å²) < 4.78 is 0. The summed E-state index contributed by atoms with van der Waals surface area (Å²) >= 11 is 0. The van der Waals surface area contributed by atoms with Crippen LogP contribution in [0.3, 0.4) is 0 Å². The average Bonchev–Trinajstić information content (AvgIpc) is 2.61. The molecule has 132 valence electrons. The molecular formula is C19H24N4O2. The Hall–Kier alpha value is -2.89. The molecule has 1 heterocycles. The fraction of sp³-hybridized carbons (Fsp3) is 0.316. The lowest BCUT2D eigenvalue weighted by molar-refractivity contribution is -0.129. The van der Waals surface area contributed by atoms with Crippen LogP contribution in [0, 0.1) is 0 Å². The van der Waals surface area contributed by atoms with E-state index in [4.69, 9.17) is 0 Å². The second-order valence-corrected chi connectivity index (χ2v) is 5.86. The molecule has 2 rings (SSSR count). The Balaban J connectivity index is 1.69. The lowest BCUT2D eigenvalue weighted by Crippen LogP contribution is -2.30. The molecule has 25 heavy (non-hydrogen) atoms. The van der Waals surface area contributed by atoms with Gasteiger partial charge in [0, 0.05) is 57.3 Å². The first-order chi connectivity index (χ1) is 12.0. The fourth-order valence-corrected chi connectivity index (χ4v) is 2.35. The Kier molecular flexibility index (Phi) is 6.95. The lowest BCUT2D eigenvalue weighted by Gasteiger charge is -2.17. The van der Waals surface area contributed by atoms with Gasteiger partial charge in [-0.15, -0.1) is 0 Å². The van der Waals surface area contributed by atoms with Gasteiger partial charge in [0.05, 0.1) is 0 Å². The largest absolute Gasteiger partial charge is 0.385 e. The number of anilines is 2. The zero-order valence-electron chi connectivity index (χ0n) is 14.7. The highest BCUT2D eigenvalue weighted by molar-refractivity contribution is 5.88. The molecule has 0 spiro atoms. The Morgan fingerprint density at radius 1 is 1.04 bits per heavy atom. The molecule has 0 saturated heterocycles. The number of benzene rings is 1. The van der Waals surface area contributed by atoms with Gasteiger partial charge in [-0.2, -0.15) is 0 Å². The molecule has 1 aromatic heterocycles. The maximum Gasteiger partial charge on any atom is 0.224 e. The molecule has 2 amide bonds. The van der Waals surface area contributed by atoms with Crippen LogP contribution < -0.4 is 10.6 Å². The zero-order chi connectivity index (χ0) is 18.1. The molecule has 0 aliphatic carbocycles. The maximum absolute atomic E-state index is 12.2.